The smallest absolute Gasteiger partial charge is 0.123 e. The van der Waals surface area contributed by atoms with E-state index in [9.17, 15) is 4.79 Å². The van der Waals surface area contributed by atoms with Crippen LogP contribution in [-0.2, 0) is 9.53 Å². The van der Waals surface area contributed by atoms with Gasteiger partial charge in [0.15, 0.2) is 0 Å². The predicted octanol–water partition coefficient (Wildman–Crippen LogP) is 8.06. The number of hydrogen-bond acceptors (Lipinski definition) is 3. The lowest BCUT2D eigenvalue weighted by Crippen LogP contribution is -1.97. The Kier molecular flexibility index (Phi) is 76.2. The minimum absolute atomic E-state index is 0. The van der Waals surface area contributed by atoms with Gasteiger partial charge in [-0.25, -0.2) is 0 Å². The standard InChI is InChI=1S/C13H20O.C8H14O.C3H7N.C3H6.C2H6.H2O/c1-2-3-4-5-6-7-8-9-10-11-12-13-14;1-4-6-9-7-8(3)5-2;1-2-3-4;1-3-2;1-2;/h2,6-7,10-11,13H,1,3-5,8-9,12H2;4-6,8H,2,7H2,1,3H3;2-3H,4H2,1H3;3H,1H2,2H3;1-2H3;1H2/b7-6+,11-10+;6-4+;3-2+;;;/t;8-;;;;/m.1..../s1. The van der Waals surface area contributed by atoms with Crippen LogP contribution in [0.25, 0.3) is 0 Å². The highest BCUT2D eigenvalue weighted by Gasteiger charge is 1.91. The maximum absolute atomic E-state index is 9.97. The summed E-state index contributed by atoms with van der Waals surface area (Å²) in [5.41, 5.74) is 4.85. The molecule has 0 rings (SSSR count). The van der Waals surface area contributed by atoms with Gasteiger partial charge in [0, 0.05) is 12.3 Å². The van der Waals surface area contributed by atoms with Crippen LogP contribution < -0.4 is 5.73 Å². The van der Waals surface area contributed by atoms with E-state index >= 15 is 0 Å². The van der Waals surface area contributed by atoms with Crippen LogP contribution in [0.4, 0.5) is 0 Å². The highest BCUT2D eigenvalue weighted by Crippen LogP contribution is 2.00. The zero-order valence-corrected chi connectivity index (χ0v) is 22.5. The summed E-state index contributed by atoms with van der Waals surface area (Å²) in [5.74, 6) is 0.446. The first-order valence-electron chi connectivity index (χ1n) is 11.7. The molecule has 0 saturated carbocycles. The van der Waals surface area contributed by atoms with E-state index in [1.54, 1.807) is 18.4 Å². The quantitative estimate of drug-likeness (QED) is 0.129. The van der Waals surface area contributed by atoms with Crippen LogP contribution in [0.2, 0.25) is 0 Å². The average molecular weight is 466 g/mol. The molecule has 0 spiro atoms. The zero-order chi connectivity index (χ0) is 25.7. The number of allylic oxidation sites excluding steroid dienone is 8. The Labute approximate surface area is 206 Å². The monoisotopic (exact) mass is 465 g/mol. The van der Waals surface area contributed by atoms with Gasteiger partial charge in [0.2, 0.25) is 0 Å². The van der Waals surface area contributed by atoms with Gasteiger partial charge >= 0.3 is 0 Å². The molecule has 0 unspecified atom stereocenters. The highest BCUT2D eigenvalue weighted by atomic mass is 16.5. The van der Waals surface area contributed by atoms with E-state index in [1.165, 1.54) is 12.6 Å². The lowest BCUT2D eigenvalue weighted by molar-refractivity contribution is -0.107. The fraction of sp³-hybridized carbons (Fsp3) is 0.483. The number of ether oxygens (including phenoxy) is 1. The molecule has 0 aliphatic heterocycles. The lowest BCUT2D eigenvalue weighted by atomic mass is 10.2. The van der Waals surface area contributed by atoms with Gasteiger partial charge in [-0.2, -0.15) is 0 Å². The highest BCUT2D eigenvalue weighted by molar-refractivity contribution is 5.51. The predicted molar refractivity (Wildman–Crippen MR) is 152 cm³/mol. The van der Waals surface area contributed by atoms with Gasteiger partial charge in [-0.15, -0.1) is 19.7 Å². The Morgan fingerprint density at radius 3 is 1.76 bits per heavy atom. The van der Waals surface area contributed by atoms with Crippen molar-refractivity contribution in [2.24, 2.45) is 11.7 Å². The summed E-state index contributed by atoms with van der Waals surface area (Å²) in [5, 5.41) is 0. The second kappa shape index (κ2) is 57.0. The molecule has 0 aromatic rings. The first-order valence-corrected chi connectivity index (χ1v) is 11.7. The van der Waals surface area contributed by atoms with Crippen molar-refractivity contribution >= 4 is 6.29 Å². The summed E-state index contributed by atoms with van der Waals surface area (Å²) in [6.07, 6.45) is 27.8. The van der Waals surface area contributed by atoms with Crippen molar-refractivity contribution < 1.29 is 15.0 Å². The molecule has 4 heteroatoms. The van der Waals surface area contributed by atoms with Crippen molar-refractivity contribution in [3.8, 4) is 0 Å². The molecule has 4 nitrogen and oxygen atoms in total. The normalized spacial score (nSPS) is 10.1. The second-order valence-corrected chi connectivity index (χ2v) is 6.09. The maximum Gasteiger partial charge on any atom is 0.123 e. The summed E-state index contributed by atoms with van der Waals surface area (Å²) in [7, 11) is 0. The molecule has 0 aromatic heterocycles. The SMILES string of the molecule is C/C=C/N.C=CC.C=CCCC/C=C/CC/C=C/CC=O.C=C[C@@H](C)CO/C=C/C.CC.O. The van der Waals surface area contributed by atoms with E-state index in [1.807, 2.05) is 58.9 Å². The van der Waals surface area contributed by atoms with Crippen LogP contribution in [0.1, 0.15) is 80.1 Å². The zero-order valence-electron chi connectivity index (χ0n) is 22.5. The molecule has 0 saturated heterocycles. The summed E-state index contributed by atoms with van der Waals surface area (Å²) in [6, 6.07) is 0. The fourth-order valence-electron chi connectivity index (χ4n) is 1.45. The minimum Gasteiger partial charge on any atom is -0.501 e. The molecule has 0 aliphatic carbocycles. The van der Waals surface area contributed by atoms with Crippen LogP contribution in [-0.4, -0.2) is 18.4 Å². The van der Waals surface area contributed by atoms with Gasteiger partial charge in [0.1, 0.15) is 6.29 Å². The maximum atomic E-state index is 9.97. The number of carbonyl (C=O) groups is 1. The number of carbonyl (C=O) groups excluding carboxylic acids is 1. The van der Waals surface area contributed by atoms with Crippen LogP contribution in [0.3, 0.4) is 0 Å². The largest absolute Gasteiger partial charge is 0.501 e. The number of hydrogen-bond donors (Lipinski definition) is 1. The molecule has 4 N–H and O–H groups in total. The third-order valence-electron chi connectivity index (χ3n) is 3.03. The number of rotatable bonds is 13. The third kappa shape index (κ3) is 82.1. The Balaban J connectivity index is -0.0000000823. The summed E-state index contributed by atoms with van der Waals surface area (Å²) < 4.78 is 5.08. The van der Waals surface area contributed by atoms with Gasteiger partial charge in [0.05, 0.1) is 12.9 Å². The van der Waals surface area contributed by atoms with Crippen molar-refractivity contribution in [1.82, 2.24) is 0 Å². The van der Waals surface area contributed by atoms with E-state index < -0.39 is 0 Å². The molecule has 0 fully saturated rings. The lowest BCUT2D eigenvalue weighted by Gasteiger charge is -2.02. The Bertz CT molecular complexity index is 459. The summed E-state index contributed by atoms with van der Waals surface area (Å²) >= 11 is 0. The van der Waals surface area contributed by atoms with E-state index in [2.05, 4.69) is 44.9 Å². The third-order valence-corrected chi connectivity index (χ3v) is 3.03. The molecule has 0 bridgehead atoms. The van der Waals surface area contributed by atoms with Gasteiger partial charge in [-0.1, -0.05) is 75.5 Å². The molecule has 0 aromatic carbocycles. The van der Waals surface area contributed by atoms with Crippen LogP contribution in [0, 0.1) is 5.92 Å². The molecular formula is C29H55NO3. The molecular weight excluding hydrogens is 410 g/mol. The van der Waals surface area contributed by atoms with Crippen molar-refractivity contribution in [2.75, 3.05) is 6.61 Å². The van der Waals surface area contributed by atoms with Gasteiger partial charge < -0.3 is 20.7 Å². The first-order chi connectivity index (χ1) is 15.6. The van der Waals surface area contributed by atoms with Crippen molar-refractivity contribution in [3.63, 3.8) is 0 Å². The molecule has 1 atom stereocenters. The first kappa shape index (κ1) is 44.1. The Morgan fingerprint density at radius 1 is 0.879 bits per heavy atom. The van der Waals surface area contributed by atoms with Crippen LogP contribution >= 0.6 is 0 Å². The molecule has 0 radical (unpaired) electrons. The molecule has 0 heterocycles. The number of aldehydes is 1. The Hall–Kier alpha value is -2.59. The van der Waals surface area contributed by atoms with E-state index in [0.717, 1.165) is 38.6 Å². The molecule has 0 aliphatic rings. The fourth-order valence-corrected chi connectivity index (χ4v) is 1.45. The van der Waals surface area contributed by atoms with Gasteiger partial charge in [-0.05, 0) is 59.1 Å². The van der Waals surface area contributed by atoms with Crippen molar-refractivity contribution in [3.05, 3.63) is 86.9 Å². The second-order valence-electron chi connectivity index (χ2n) is 6.09. The Morgan fingerprint density at radius 2 is 1.36 bits per heavy atom. The van der Waals surface area contributed by atoms with Gasteiger partial charge in [0.25, 0.3) is 0 Å². The van der Waals surface area contributed by atoms with Crippen molar-refractivity contribution in [2.45, 2.75) is 80.1 Å². The minimum atomic E-state index is 0. The topological polar surface area (TPSA) is 83.8 Å². The van der Waals surface area contributed by atoms with Crippen LogP contribution in [0.15, 0.2) is 86.9 Å². The van der Waals surface area contributed by atoms with E-state index in [4.69, 9.17) is 10.5 Å². The summed E-state index contributed by atoms with van der Waals surface area (Å²) in [6.45, 7) is 23.2. The molecule has 0 amide bonds. The molecule has 194 valence electrons. The average Bonchev–Trinajstić information content (AvgIpc) is 2.82. The van der Waals surface area contributed by atoms with E-state index in [-0.39, 0.29) is 5.48 Å². The van der Waals surface area contributed by atoms with Crippen LogP contribution in [0.5, 0.6) is 0 Å². The number of nitrogens with two attached hydrogens (primary N) is 1. The van der Waals surface area contributed by atoms with E-state index in [0.29, 0.717) is 12.3 Å². The van der Waals surface area contributed by atoms with Crippen molar-refractivity contribution in [1.29, 1.82) is 0 Å². The number of unbranched alkanes of at least 4 members (excludes halogenated alkanes) is 3. The van der Waals surface area contributed by atoms with Gasteiger partial charge in [-0.3, -0.25) is 0 Å². The molecule has 33 heavy (non-hydrogen) atoms. The summed E-state index contributed by atoms with van der Waals surface area (Å²) in [4.78, 5) is 9.97.